The minimum absolute atomic E-state index is 0.241. The third kappa shape index (κ3) is 2.33. The van der Waals surface area contributed by atoms with Crippen molar-refractivity contribution in [2.45, 2.75) is 38.7 Å². The first-order valence-corrected chi connectivity index (χ1v) is 5.83. The third-order valence-corrected chi connectivity index (χ3v) is 3.19. The van der Waals surface area contributed by atoms with E-state index in [9.17, 15) is 0 Å². The van der Waals surface area contributed by atoms with E-state index in [1.165, 1.54) is 19.3 Å². The monoisotopic (exact) mass is 216 g/mol. The molecule has 3 heteroatoms. The largest absolute Gasteiger partial charge is 0.487 e. The van der Waals surface area contributed by atoms with Crippen LogP contribution < -0.4 is 4.74 Å². The highest BCUT2D eigenvalue weighted by Gasteiger charge is 2.23. The van der Waals surface area contributed by atoms with E-state index in [4.69, 9.17) is 10.00 Å². The van der Waals surface area contributed by atoms with Gasteiger partial charge in [-0.05, 0) is 37.3 Å². The minimum Gasteiger partial charge on any atom is -0.487 e. The van der Waals surface area contributed by atoms with Gasteiger partial charge in [0.2, 0.25) is 0 Å². The lowest BCUT2D eigenvalue weighted by atomic mass is 9.88. The Labute approximate surface area is 96.1 Å². The zero-order valence-corrected chi connectivity index (χ0v) is 9.52. The van der Waals surface area contributed by atoms with E-state index in [2.05, 4.69) is 18.0 Å². The zero-order chi connectivity index (χ0) is 11.4. The number of nitriles is 1. The maximum absolute atomic E-state index is 8.92. The van der Waals surface area contributed by atoms with Gasteiger partial charge in [0.25, 0.3) is 0 Å². The molecule has 0 spiro atoms. The van der Waals surface area contributed by atoms with Crippen molar-refractivity contribution in [3.8, 4) is 11.8 Å². The van der Waals surface area contributed by atoms with Gasteiger partial charge in [-0.15, -0.1) is 0 Å². The number of aromatic nitrogens is 1. The van der Waals surface area contributed by atoms with E-state index in [1.807, 2.05) is 12.1 Å². The standard InChI is InChI=1S/C13H16N2O/c1-10-5-2-3-6-12(10)16-13-7-4-8-15-11(13)9-14/h4,7-8,10,12H,2-3,5-6H2,1H3. The predicted octanol–water partition coefficient (Wildman–Crippen LogP) is 2.91. The first-order chi connectivity index (χ1) is 7.81. The Morgan fingerprint density at radius 2 is 2.25 bits per heavy atom. The highest BCUT2D eigenvalue weighted by Crippen LogP contribution is 2.28. The molecule has 1 aliphatic carbocycles. The Hall–Kier alpha value is -1.56. The Morgan fingerprint density at radius 3 is 3.00 bits per heavy atom. The summed E-state index contributed by atoms with van der Waals surface area (Å²) in [5.41, 5.74) is 0.389. The summed E-state index contributed by atoms with van der Waals surface area (Å²) < 4.78 is 5.90. The van der Waals surface area contributed by atoms with Crippen molar-refractivity contribution in [2.24, 2.45) is 5.92 Å². The molecule has 0 bridgehead atoms. The Bertz CT molecular complexity index is 397. The molecular weight excluding hydrogens is 200 g/mol. The van der Waals surface area contributed by atoms with Crippen LogP contribution >= 0.6 is 0 Å². The Balaban J connectivity index is 2.11. The summed E-state index contributed by atoms with van der Waals surface area (Å²) in [7, 11) is 0. The first kappa shape index (κ1) is 10.9. The molecule has 1 heterocycles. The maximum atomic E-state index is 8.92. The van der Waals surface area contributed by atoms with Gasteiger partial charge in [-0.3, -0.25) is 0 Å². The molecule has 2 atom stereocenters. The molecule has 3 nitrogen and oxygen atoms in total. The van der Waals surface area contributed by atoms with Gasteiger partial charge in [0, 0.05) is 6.20 Å². The lowest BCUT2D eigenvalue weighted by Crippen LogP contribution is -2.28. The fraction of sp³-hybridized carbons (Fsp3) is 0.538. The second-order valence-electron chi connectivity index (χ2n) is 4.38. The van der Waals surface area contributed by atoms with Gasteiger partial charge in [-0.2, -0.15) is 5.26 Å². The van der Waals surface area contributed by atoms with Gasteiger partial charge < -0.3 is 4.74 Å². The number of pyridine rings is 1. The summed E-state index contributed by atoms with van der Waals surface area (Å²) in [6.45, 7) is 2.21. The highest BCUT2D eigenvalue weighted by molar-refractivity contribution is 5.36. The van der Waals surface area contributed by atoms with Gasteiger partial charge in [-0.1, -0.05) is 13.3 Å². The van der Waals surface area contributed by atoms with Gasteiger partial charge in [0.1, 0.15) is 12.2 Å². The van der Waals surface area contributed by atoms with Crippen LogP contribution in [0.1, 0.15) is 38.3 Å². The topological polar surface area (TPSA) is 45.9 Å². The van der Waals surface area contributed by atoms with E-state index in [0.29, 0.717) is 17.4 Å². The molecule has 1 aromatic rings. The van der Waals surface area contributed by atoms with Crippen LogP contribution in [-0.2, 0) is 0 Å². The van der Waals surface area contributed by atoms with Gasteiger partial charge in [-0.25, -0.2) is 4.98 Å². The molecule has 2 rings (SSSR count). The van der Waals surface area contributed by atoms with E-state index in [0.717, 1.165) is 6.42 Å². The number of rotatable bonds is 2. The summed E-state index contributed by atoms with van der Waals surface area (Å²) in [5, 5.41) is 8.92. The molecule has 1 fully saturated rings. The fourth-order valence-electron chi connectivity index (χ4n) is 2.19. The van der Waals surface area contributed by atoms with Gasteiger partial charge >= 0.3 is 0 Å². The summed E-state index contributed by atoms with van der Waals surface area (Å²) in [4.78, 5) is 4.00. The highest BCUT2D eigenvalue weighted by atomic mass is 16.5. The van der Waals surface area contributed by atoms with E-state index in [1.54, 1.807) is 6.20 Å². The average Bonchev–Trinajstić information content (AvgIpc) is 2.33. The second kappa shape index (κ2) is 4.98. The minimum atomic E-state index is 0.241. The van der Waals surface area contributed by atoms with Gasteiger partial charge in [0.05, 0.1) is 0 Å². The lowest BCUT2D eigenvalue weighted by molar-refractivity contribution is 0.102. The van der Waals surface area contributed by atoms with E-state index < -0.39 is 0 Å². The molecule has 2 unspecified atom stereocenters. The van der Waals surface area contributed by atoms with Crippen LogP contribution in [0, 0.1) is 17.2 Å². The molecule has 0 N–H and O–H groups in total. The Morgan fingerprint density at radius 1 is 1.44 bits per heavy atom. The van der Waals surface area contributed by atoms with Crippen LogP contribution in [-0.4, -0.2) is 11.1 Å². The number of nitrogens with zero attached hydrogens (tertiary/aromatic N) is 2. The molecule has 0 saturated heterocycles. The smallest absolute Gasteiger partial charge is 0.182 e. The van der Waals surface area contributed by atoms with Crippen LogP contribution in [0.5, 0.6) is 5.75 Å². The van der Waals surface area contributed by atoms with Crippen molar-refractivity contribution in [3.05, 3.63) is 24.0 Å². The SMILES string of the molecule is CC1CCCCC1Oc1cccnc1C#N. The van der Waals surface area contributed by atoms with Crippen molar-refractivity contribution in [1.29, 1.82) is 5.26 Å². The van der Waals surface area contributed by atoms with E-state index >= 15 is 0 Å². The van der Waals surface area contributed by atoms with Crippen molar-refractivity contribution in [2.75, 3.05) is 0 Å². The molecule has 1 saturated carbocycles. The van der Waals surface area contributed by atoms with Crippen LogP contribution in [0.4, 0.5) is 0 Å². The summed E-state index contributed by atoms with van der Waals surface area (Å²) in [5.74, 6) is 1.20. The molecular formula is C13H16N2O. The second-order valence-corrected chi connectivity index (χ2v) is 4.38. The summed E-state index contributed by atoms with van der Waals surface area (Å²) in [6, 6.07) is 5.70. The van der Waals surface area contributed by atoms with Crippen molar-refractivity contribution in [3.63, 3.8) is 0 Å². The molecule has 1 aromatic heterocycles. The summed E-state index contributed by atoms with van der Waals surface area (Å²) in [6.07, 6.45) is 6.67. The zero-order valence-electron chi connectivity index (χ0n) is 9.52. The van der Waals surface area contributed by atoms with Crippen LogP contribution in [0.15, 0.2) is 18.3 Å². The Kier molecular flexibility index (Phi) is 3.40. The van der Waals surface area contributed by atoms with Crippen molar-refractivity contribution in [1.82, 2.24) is 4.98 Å². The maximum Gasteiger partial charge on any atom is 0.182 e. The third-order valence-electron chi connectivity index (χ3n) is 3.19. The number of hydrogen-bond donors (Lipinski definition) is 0. The molecule has 0 aliphatic heterocycles. The molecule has 84 valence electrons. The predicted molar refractivity (Wildman–Crippen MR) is 61.0 cm³/mol. The molecule has 1 aliphatic rings. The van der Waals surface area contributed by atoms with E-state index in [-0.39, 0.29) is 6.10 Å². The normalized spacial score (nSPS) is 24.8. The molecule has 0 radical (unpaired) electrons. The fourth-order valence-corrected chi connectivity index (χ4v) is 2.19. The molecule has 0 amide bonds. The molecule has 0 aromatic carbocycles. The van der Waals surface area contributed by atoms with Crippen LogP contribution in [0.25, 0.3) is 0 Å². The number of hydrogen-bond acceptors (Lipinski definition) is 3. The first-order valence-electron chi connectivity index (χ1n) is 5.83. The van der Waals surface area contributed by atoms with Crippen molar-refractivity contribution < 1.29 is 4.74 Å². The van der Waals surface area contributed by atoms with Gasteiger partial charge in [0.15, 0.2) is 11.4 Å². The summed E-state index contributed by atoms with van der Waals surface area (Å²) >= 11 is 0. The average molecular weight is 216 g/mol. The molecule has 16 heavy (non-hydrogen) atoms. The van der Waals surface area contributed by atoms with Crippen molar-refractivity contribution >= 4 is 0 Å². The number of ether oxygens (including phenoxy) is 1. The van der Waals surface area contributed by atoms with Crippen LogP contribution in [0.2, 0.25) is 0 Å². The lowest BCUT2D eigenvalue weighted by Gasteiger charge is -2.29. The van der Waals surface area contributed by atoms with Crippen LogP contribution in [0.3, 0.4) is 0 Å². The quantitative estimate of drug-likeness (QED) is 0.763.